The molecule has 2 aromatic rings. The van der Waals surface area contributed by atoms with Gasteiger partial charge in [0.05, 0.1) is 22.9 Å². The summed E-state index contributed by atoms with van der Waals surface area (Å²) in [4.78, 5) is 18.4. The van der Waals surface area contributed by atoms with E-state index in [0.29, 0.717) is 42.6 Å². The summed E-state index contributed by atoms with van der Waals surface area (Å²) >= 11 is 0. The monoisotopic (exact) mass is 467 g/mol. The first-order valence-electron chi connectivity index (χ1n) is 12.8. The van der Waals surface area contributed by atoms with Gasteiger partial charge in [-0.3, -0.25) is 9.88 Å². The van der Waals surface area contributed by atoms with Crippen molar-refractivity contribution in [1.82, 2.24) is 19.9 Å². The van der Waals surface area contributed by atoms with E-state index in [2.05, 4.69) is 19.8 Å². The van der Waals surface area contributed by atoms with E-state index in [0.717, 1.165) is 56.5 Å². The molecule has 180 valence electrons. The molecule has 5 fully saturated rings. The highest BCUT2D eigenvalue weighted by Crippen LogP contribution is 2.66. The van der Waals surface area contributed by atoms with E-state index >= 15 is 4.39 Å². The number of fused-ring (bicyclic) bond motifs is 4. The number of hydrogen-bond acceptors (Lipinski definition) is 6. The maximum Gasteiger partial charge on any atom is 0.319 e. The number of halogens is 2. The van der Waals surface area contributed by atoms with Gasteiger partial charge < -0.3 is 9.64 Å². The van der Waals surface area contributed by atoms with Gasteiger partial charge >= 0.3 is 6.01 Å². The number of aryl methyl sites for hydroxylation is 1. The topological polar surface area (TPSA) is 54.4 Å². The predicted molar refractivity (Wildman–Crippen MR) is 125 cm³/mol. The highest BCUT2D eigenvalue weighted by Gasteiger charge is 2.67. The Morgan fingerprint density at radius 3 is 2.91 bits per heavy atom. The fourth-order valence-corrected chi connectivity index (χ4v) is 7.19. The van der Waals surface area contributed by atoms with E-state index in [1.54, 1.807) is 13.1 Å². The molecule has 6 nitrogen and oxygen atoms in total. The number of rotatable bonds is 4. The second-order valence-electron chi connectivity index (χ2n) is 11.2. The van der Waals surface area contributed by atoms with Gasteiger partial charge in [0.25, 0.3) is 0 Å². The second-order valence-corrected chi connectivity index (χ2v) is 11.2. The summed E-state index contributed by atoms with van der Waals surface area (Å²) in [5.74, 6) is 1.04. The summed E-state index contributed by atoms with van der Waals surface area (Å²) in [7, 11) is 0. The van der Waals surface area contributed by atoms with Crippen molar-refractivity contribution in [3.8, 4) is 6.01 Å². The van der Waals surface area contributed by atoms with Crippen LogP contribution in [0.1, 0.15) is 57.1 Å². The molecule has 0 bridgehead atoms. The molecule has 3 saturated heterocycles. The van der Waals surface area contributed by atoms with Crippen LogP contribution in [-0.4, -0.2) is 57.7 Å². The molecule has 7 rings (SSSR count). The first kappa shape index (κ1) is 21.0. The molecule has 0 radical (unpaired) electrons. The Morgan fingerprint density at radius 1 is 1.21 bits per heavy atom. The average molecular weight is 468 g/mol. The SMILES string of the molecule is Cc1ncc2c(N3CCCC[C@H]4C[C@H]43)nc(OCC34C/C(=C/F)CN3CCC43CC3)nc2c1F. The van der Waals surface area contributed by atoms with Gasteiger partial charge in [0.1, 0.15) is 17.9 Å². The Morgan fingerprint density at radius 2 is 2.09 bits per heavy atom. The van der Waals surface area contributed by atoms with Gasteiger partial charge in [-0.15, -0.1) is 0 Å². The molecule has 1 spiro atoms. The van der Waals surface area contributed by atoms with Crippen molar-refractivity contribution in [2.75, 3.05) is 31.1 Å². The van der Waals surface area contributed by atoms with Gasteiger partial charge in [-0.25, -0.2) is 8.78 Å². The Bertz CT molecular complexity index is 1200. The van der Waals surface area contributed by atoms with Crippen LogP contribution in [0, 0.1) is 24.1 Å². The quantitative estimate of drug-likeness (QED) is 0.649. The van der Waals surface area contributed by atoms with E-state index in [-0.39, 0.29) is 22.5 Å². The minimum Gasteiger partial charge on any atom is -0.461 e. The van der Waals surface area contributed by atoms with Crippen LogP contribution < -0.4 is 9.64 Å². The summed E-state index contributed by atoms with van der Waals surface area (Å²) in [6.45, 7) is 4.62. The van der Waals surface area contributed by atoms with Crippen LogP contribution in [-0.2, 0) is 0 Å². The lowest BCUT2D eigenvalue weighted by Gasteiger charge is -2.37. The van der Waals surface area contributed by atoms with E-state index in [9.17, 15) is 4.39 Å². The molecule has 0 aromatic carbocycles. The molecule has 2 saturated carbocycles. The number of hydrogen-bond donors (Lipinski definition) is 0. The number of nitrogens with zero attached hydrogens (tertiary/aromatic N) is 5. The van der Waals surface area contributed by atoms with Gasteiger partial charge in [-0.2, -0.15) is 9.97 Å². The second kappa shape index (κ2) is 7.33. The lowest BCUT2D eigenvalue weighted by atomic mass is 9.80. The van der Waals surface area contributed by atoms with Crippen LogP contribution in [0.5, 0.6) is 6.01 Å². The molecule has 1 unspecified atom stereocenters. The number of aromatic nitrogens is 3. The maximum atomic E-state index is 15.2. The summed E-state index contributed by atoms with van der Waals surface area (Å²) in [5, 5.41) is 0.658. The number of pyridine rings is 1. The molecule has 5 heterocycles. The first-order valence-corrected chi connectivity index (χ1v) is 12.8. The highest BCUT2D eigenvalue weighted by molar-refractivity contribution is 5.90. The molecular weight excluding hydrogens is 436 g/mol. The third-order valence-electron chi connectivity index (χ3n) is 9.41. The van der Waals surface area contributed by atoms with Crippen molar-refractivity contribution in [3.05, 3.63) is 29.6 Å². The van der Waals surface area contributed by atoms with Crippen LogP contribution in [0.2, 0.25) is 0 Å². The normalized spacial score (nSPS) is 32.8. The van der Waals surface area contributed by atoms with Crippen LogP contribution in [0.3, 0.4) is 0 Å². The summed E-state index contributed by atoms with van der Waals surface area (Å²) in [6.07, 6.45) is 11.4. The molecular formula is C26H31F2N5O. The Balaban J connectivity index is 1.27. The zero-order valence-corrected chi connectivity index (χ0v) is 19.7. The minimum atomic E-state index is -0.406. The predicted octanol–water partition coefficient (Wildman–Crippen LogP) is 4.71. The summed E-state index contributed by atoms with van der Waals surface area (Å²) in [5.41, 5.74) is 1.45. The third-order valence-corrected chi connectivity index (χ3v) is 9.41. The smallest absolute Gasteiger partial charge is 0.319 e. The Kier molecular flexibility index (Phi) is 4.52. The molecule has 3 aliphatic heterocycles. The molecule has 5 aliphatic rings. The maximum absolute atomic E-state index is 15.2. The highest BCUT2D eigenvalue weighted by atomic mass is 19.1. The van der Waals surface area contributed by atoms with E-state index in [4.69, 9.17) is 9.72 Å². The van der Waals surface area contributed by atoms with Gasteiger partial charge in [-0.1, -0.05) is 6.42 Å². The standard InChI is InChI=1S/C26H31F2N5O/c1-16-21(28)22-19(13-29-16)23(33-8-3-2-4-18-10-20(18)33)31-24(30-22)34-15-26-11-17(12-27)14-32(26)9-7-25(26)5-6-25/h12-13,18,20H,2-11,14-15H2,1H3/b17-12-/t18-,20+,26?/m0/s1. The molecule has 2 aromatic heterocycles. The third kappa shape index (κ3) is 2.96. The molecule has 0 amide bonds. The van der Waals surface area contributed by atoms with E-state index in [1.165, 1.54) is 19.3 Å². The molecule has 0 N–H and O–H groups in total. The largest absolute Gasteiger partial charge is 0.461 e. The Labute approximate surface area is 198 Å². The number of ether oxygens (including phenoxy) is 1. The van der Waals surface area contributed by atoms with Crippen molar-refractivity contribution in [3.63, 3.8) is 0 Å². The molecule has 34 heavy (non-hydrogen) atoms. The molecule has 2 aliphatic carbocycles. The van der Waals surface area contributed by atoms with Gasteiger partial charge in [0, 0.05) is 25.3 Å². The minimum absolute atomic E-state index is 0.204. The average Bonchev–Trinajstić information content (AvgIpc) is 3.73. The van der Waals surface area contributed by atoms with Crippen molar-refractivity contribution < 1.29 is 13.5 Å². The molecule has 3 atom stereocenters. The van der Waals surface area contributed by atoms with Crippen LogP contribution in [0.25, 0.3) is 10.9 Å². The zero-order valence-electron chi connectivity index (χ0n) is 19.7. The lowest BCUT2D eigenvalue weighted by Crippen LogP contribution is -2.49. The molecule has 8 heteroatoms. The summed E-state index contributed by atoms with van der Waals surface area (Å²) in [6, 6.07) is 0.687. The summed E-state index contributed by atoms with van der Waals surface area (Å²) < 4.78 is 35.1. The van der Waals surface area contributed by atoms with Crippen LogP contribution >= 0.6 is 0 Å². The van der Waals surface area contributed by atoms with Crippen molar-refractivity contribution >= 4 is 16.7 Å². The fourth-order valence-electron chi connectivity index (χ4n) is 7.19. The van der Waals surface area contributed by atoms with Crippen LogP contribution in [0.15, 0.2) is 18.1 Å². The van der Waals surface area contributed by atoms with Crippen LogP contribution in [0.4, 0.5) is 14.6 Å². The zero-order chi connectivity index (χ0) is 23.1. The first-order chi connectivity index (χ1) is 16.5. The van der Waals surface area contributed by atoms with Gasteiger partial charge in [-0.05, 0) is 75.3 Å². The Hall–Kier alpha value is -2.35. The van der Waals surface area contributed by atoms with Crippen molar-refractivity contribution in [2.24, 2.45) is 11.3 Å². The van der Waals surface area contributed by atoms with Crippen molar-refractivity contribution in [2.45, 2.75) is 69.9 Å². The fraction of sp³-hybridized carbons (Fsp3) is 0.654. The van der Waals surface area contributed by atoms with E-state index < -0.39 is 5.82 Å². The number of anilines is 1. The lowest BCUT2D eigenvalue weighted by molar-refractivity contribution is 0.0649. The van der Waals surface area contributed by atoms with E-state index in [1.807, 2.05) is 0 Å². The van der Waals surface area contributed by atoms with Gasteiger partial charge in [0.2, 0.25) is 0 Å². The van der Waals surface area contributed by atoms with Crippen molar-refractivity contribution in [1.29, 1.82) is 0 Å². The van der Waals surface area contributed by atoms with Gasteiger partial charge in [0.15, 0.2) is 5.82 Å².